The second-order valence-electron chi connectivity index (χ2n) is 3.41. The van der Waals surface area contributed by atoms with Crippen molar-refractivity contribution in [2.75, 3.05) is 39.5 Å². The van der Waals surface area contributed by atoms with Gasteiger partial charge in [0, 0.05) is 19.6 Å². The highest BCUT2D eigenvalue weighted by molar-refractivity contribution is 4.82. The lowest BCUT2D eigenvalue weighted by Gasteiger charge is -2.41. The molecule has 0 aromatic heterocycles. The quantitative estimate of drug-likeness (QED) is 0.553. The van der Waals surface area contributed by atoms with Crippen molar-refractivity contribution in [2.45, 2.75) is 12.1 Å². The summed E-state index contributed by atoms with van der Waals surface area (Å²) in [6.07, 6.45) is 0.236. The molecule has 2 rings (SSSR count). The molecular weight excluding hydrogens is 156 g/mol. The lowest BCUT2D eigenvalue weighted by Crippen LogP contribution is -2.56. The first-order chi connectivity index (χ1) is 5.90. The van der Waals surface area contributed by atoms with E-state index in [-0.39, 0.29) is 6.10 Å². The number of ether oxygens (including phenoxy) is 2. The van der Waals surface area contributed by atoms with Crippen LogP contribution in [0.25, 0.3) is 0 Å². The summed E-state index contributed by atoms with van der Waals surface area (Å²) >= 11 is 0. The maximum Gasteiger partial charge on any atom is 0.0824 e. The molecule has 1 unspecified atom stereocenters. The van der Waals surface area contributed by atoms with Crippen LogP contribution in [0.1, 0.15) is 0 Å². The molecule has 2 heterocycles. The Morgan fingerprint density at radius 2 is 2.33 bits per heavy atom. The zero-order valence-corrected chi connectivity index (χ0v) is 7.24. The standard InChI is InChI=1S/C8H16N2O2/c9-3-8-4-10-1-2-11-5-7(10)6-12-8/h7-8H,1-6,9H2/t7-,8?/m1/s1. The van der Waals surface area contributed by atoms with Crippen LogP contribution < -0.4 is 5.73 Å². The van der Waals surface area contributed by atoms with E-state index in [2.05, 4.69) is 4.90 Å². The maximum absolute atomic E-state index is 5.55. The first-order valence-corrected chi connectivity index (χ1v) is 4.53. The Kier molecular flexibility index (Phi) is 2.60. The van der Waals surface area contributed by atoms with Crippen LogP contribution in [0.2, 0.25) is 0 Å². The molecule has 0 aliphatic carbocycles. The summed E-state index contributed by atoms with van der Waals surface area (Å²) in [5, 5.41) is 0. The molecule has 2 aliphatic heterocycles. The Hall–Kier alpha value is -0.160. The van der Waals surface area contributed by atoms with Crippen LogP contribution >= 0.6 is 0 Å². The van der Waals surface area contributed by atoms with E-state index in [1.165, 1.54) is 0 Å². The second kappa shape index (κ2) is 3.70. The Morgan fingerprint density at radius 3 is 3.17 bits per heavy atom. The van der Waals surface area contributed by atoms with Crippen LogP contribution in [0.4, 0.5) is 0 Å². The molecule has 2 aliphatic rings. The highest BCUT2D eigenvalue weighted by atomic mass is 16.5. The molecule has 4 nitrogen and oxygen atoms in total. The molecule has 0 radical (unpaired) electrons. The van der Waals surface area contributed by atoms with Gasteiger partial charge in [0.1, 0.15) is 0 Å². The Balaban J connectivity index is 1.90. The van der Waals surface area contributed by atoms with Crippen molar-refractivity contribution in [3.63, 3.8) is 0 Å². The van der Waals surface area contributed by atoms with Crippen LogP contribution in [0.15, 0.2) is 0 Å². The van der Waals surface area contributed by atoms with Crippen molar-refractivity contribution in [1.82, 2.24) is 4.90 Å². The number of hydrogen-bond donors (Lipinski definition) is 1. The molecule has 2 N–H and O–H groups in total. The van der Waals surface area contributed by atoms with Crippen LogP contribution in [0.5, 0.6) is 0 Å². The van der Waals surface area contributed by atoms with E-state index in [0.717, 1.165) is 32.9 Å². The van der Waals surface area contributed by atoms with Gasteiger partial charge in [-0.2, -0.15) is 0 Å². The minimum absolute atomic E-state index is 0.236. The molecular formula is C8H16N2O2. The topological polar surface area (TPSA) is 47.7 Å². The highest BCUT2D eigenvalue weighted by Gasteiger charge is 2.30. The minimum atomic E-state index is 0.236. The van der Waals surface area contributed by atoms with Gasteiger partial charge in [0.25, 0.3) is 0 Å². The fraction of sp³-hybridized carbons (Fsp3) is 1.00. The molecule has 12 heavy (non-hydrogen) atoms. The molecule has 2 fully saturated rings. The van der Waals surface area contributed by atoms with Gasteiger partial charge in [0.15, 0.2) is 0 Å². The van der Waals surface area contributed by atoms with Crippen LogP contribution in [-0.4, -0.2) is 56.5 Å². The maximum atomic E-state index is 5.55. The second-order valence-corrected chi connectivity index (χ2v) is 3.41. The van der Waals surface area contributed by atoms with Gasteiger partial charge in [-0.05, 0) is 0 Å². The Morgan fingerprint density at radius 1 is 1.42 bits per heavy atom. The van der Waals surface area contributed by atoms with Crippen LogP contribution in [0, 0.1) is 0 Å². The SMILES string of the molecule is NCC1CN2CCOC[C@@H]2CO1. The summed E-state index contributed by atoms with van der Waals surface area (Å²) in [5.74, 6) is 0. The number of rotatable bonds is 1. The first-order valence-electron chi connectivity index (χ1n) is 4.53. The van der Waals surface area contributed by atoms with E-state index < -0.39 is 0 Å². The van der Waals surface area contributed by atoms with Crippen LogP contribution in [-0.2, 0) is 9.47 Å². The lowest BCUT2D eigenvalue weighted by atomic mass is 10.1. The number of nitrogens with two attached hydrogens (primary N) is 1. The first kappa shape index (κ1) is 8.44. The molecule has 0 saturated carbocycles. The molecule has 4 heteroatoms. The number of morpholine rings is 2. The van der Waals surface area contributed by atoms with Crippen LogP contribution in [0.3, 0.4) is 0 Å². The Bertz CT molecular complexity index is 154. The van der Waals surface area contributed by atoms with Crippen molar-refractivity contribution in [1.29, 1.82) is 0 Å². The summed E-state index contributed by atoms with van der Waals surface area (Å²) in [6, 6.07) is 0.474. The number of nitrogens with zero attached hydrogens (tertiary/aromatic N) is 1. The number of hydrogen-bond acceptors (Lipinski definition) is 4. The summed E-state index contributed by atoms with van der Waals surface area (Å²) < 4.78 is 10.9. The third kappa shape index (κ3) is 1.61. The van der Waals surface area contributed by atoms with Crippen molar-refractivity contribution in [3.05, 3.63) is 0 Å². The van der Waals surface area contributed by atoms with Gasteiger partial charge in [0.05, 0.1) is 32.0 Å². The zero-order chi connectivity index (χ0) is 8.39. The van der Waals surface area contributed by atoms with Gasteiger partial charge in [-0.25, -0.2) is 0 Å². The van der Waals surface area contributed by atoms with Gasteiger partial charge in [-0.3, -0.25) is 4.90 Å². The highest BCUT2D eigenvalue weighted by Crippen LogP contribution is 2.14. The summed E-state index contributed by atoms with van der Waals surface area (Å²) in [4.78, 5) is 2.42. The summed E-state index contributed by atoms with van der Waals surface area (Å²) in [6.45, 7) is 5.09. The average Bonchev–Trinajstić information content (AvgIpc) is 2.17. The monoisotopic (exact) mass is 172 g/mol. The molecule has 0 amide bonds. The predicted octanol–water partition coefficient (Wildman–Crippen LogP) is -0.955. The normalized spacial score (nSPS) is 37.8. The zero-order valence-electron chi connectivity index (χ0n) is 7.24. The predicted molar refractivity (Wildman–Crippen MR) is 45.0 cm³/mol. The van der Waals surface area contributed by atoms with Gasteiger partial charge >= 0.3 is 0 Å². The average molecular weight is 172 g/mol. The molecule has 0 spiro atoms. The Labute approximate surface area is 72.6 Å². The van der Waals surface area contributed by atoms with E-state index in [1.807, 2.05) is 0 Å². The van der Waals surface area contributed by atoms with E-state index in [1.54, 1.807) is 0 Å². The van der Waals surface area contributed by atoms with E-state index in [9.17, 15) is 0 Å². The lowest BCUT2D eigenvalue weighted by molar-refractivity contribution is -0.113. The van der Waals surface area contributed by atoms with E-state index >= 15 is 0 Å². The molecule has 2 atom stereocenters. The third-order valence-corrected chi connectivity index (χ3v) is 2.57. The van der Waals surface area contributed by atoms with Gasteiger partial charge in [-0.1, -0.05) is 0 Å². The molecule has 0 bridgehead atoms. The van der Waals surface area contributed by atoms with E-state index in [4.69, 9.17) is 15.2 Å². The van der Waals surface area contributed by atoms with E-state index in [0.29, 0.717) is 12.6 Å². The van der Waals surface area contributed by atoms with Crippen molar-refractivity contribution >= 4 is 0 Å². The largest absolute Gasteiger partial charge is 0.378 e. The van der Waals surface area contributed by atoms with Crippen molar-refractivity contribution in [2.24, 2.45) is 5.73 Å². The minimum Gasteiger partial charge on any atom is -0.378 e. The van der Waals surface area contributed by atoms with Gasteiger partial charge in [-0.15, -0.1) is 0 Å². The summed E-state index contributed by atoms with van der Waals surface area (Å²) in [5.41, 5.74) is 5.54. The smallest absolute Gasteiger partial charge is 0.0824 e. The third-order valence-electron chi connectivity index (χ3n) is 2.57. The fourth-order valence-electron chi connectivity index (χ4n) is 1.79. The summed E-state index contributed by atoms with van der Waals surface area (Å²) in [7, 11) is 0. The van der Waals surface area contributed by atoms with Crippen molar-refractivity contribution < 1.29 is 9.47 Å². The fourth-order valence-corrected chi connectivity index (χ4v) is 1.79. The molecule has 70 valence electrons. The molecule has 2 saturated heterocycles. The van der Waals surface area contributed by atoms with Crippen molar-refractivity contribution in [3.8, 4) is 0 Å². The molecule has 0 aromatic carbocycles. The number of fused-ring (bicyclic) bond motifs is 1. The van der Waals surface area contributed by atoms with Gasteiger partial charge < -0.3 is 15.2 Å². The van der Waals surface area contributed by atoms with Gasteiger partial charge in [0.2, 0.25) is 0 Å². The molecule has 0 aromatic rings.